The van der Waals surface area contributed by atoms with Gasteiger partial charge in [-0.2, -0.15) is 0 Å². The van der Waals surface area contributed by atoms with E-state index in [4.69, 9.17) is 16.7 Å². The largest absolute Gasteiger partial charge is 0.481 e. The standard InChI is InChI=1S/C16H13ClO3/c17-13-8-6-11(7-9-13)14(10-15(18)19)16(20)12-4-2-1-3-5-12/h1-9,14H,10H2,(H,18,19). The predicted molar refractivity (Wildman–Crippen MR) is 77.2 cm³/mol. The zero-order valence-corrected chi connectivity index (χ0v) is 11.4. The molecule has 0 spiro atoms. The van der Waals surface area contributed by atoms with Gasteiger partial charge in [0.15, 0.2) is 5.78 Å². The summed E-state index contributed by atoms with van der Waals surface area (Å²) >= 11 is 5.82. The highest BCUT2D eigenvalue weighted by atomic mass is 35.5. The van der Waals surface area contributed by atoms with Gasteiger partial charge in [-0.25, -0.2) is 0 Å². The van der Waals surface area contributed by atoms with Crippen molar-refractivity contribution in [2.75, 3.05) is 0 Å². The van der Waals surface area contributed by atoms with Crippen LogP contribution in [0.25, 0.3) is 0 Å². The van der Waals surface area contributed by atoms with Crippen molar-refractivity contribution in [3.05, 3.63) is 70.7 Å². The average Bonchev–Trinajstić information content (AvgIpc) is 2.46. The number of carbonyl (C=O) groups is 2. The first-order valence-electron chi connectivity index (χ1n) is 6.14. The number of Topliss-reactive ketones (excluding diaryl/α,β-unsaturated/α-hetero) is 1. The van der Waals surface area contributed by atoms with Gasteiger partial charge in [0, 0.05) is 10.6 Å². The van der Waals surface area contributed by atoms with Crippen molar-refractivity contribution in [1.29, 1.82) is 0 Å². The van der Waals surface area contributed by atoms with E-state index in [0.29, 0.717) is 16.1 Å². The topological polar surface area (TPSA) is 54.4 Å². The molecule has 0 aliphatic rings. The van der Waals surface area contributed by atoms with Gasteiger partial charge in [0.2, 0.25) is 0 Å². The SMILES string of the molecule is O=C(O)CC(C(=O)c1ccccc1)c1ccc(Cl)cc1. The predicted octanol–water partition coefficient (Wildman–Crippen LogP) is 3.78. The Hall–Kier alpha value is -2.13. The summed E-state index contributed by atoms with van der Waals surface area (Å²) in [6.07, 6.45) is -0.241. The molecule has 0 aliphatic heterocycles. The van der Waals surface area contributed by atoms with Crippen LogP contribution >= 0.6 is 11.6 Å². The molecule has 3 nitrogen and oxygen atoms in total. The van der Waals surface area contributed by atoms with Crippen LogP contribution < -0.4 is 0 Å². The van der Waals surface area contributed by atoms with Crippen molar-refractivity contribution < 1.29 is 14.7 Å². The molecule has 1 N–H and O–H groups in total. The molecule has 0 amide bonds. The molecule has 0 saturated carbocycles. The Morgan fingerprint density at radius 2 is 1.60 bits per heavy atom. The van der Waals surface area contributed by atoms with Crippen molar-refractivity contribution in [2.24, 2.45) is 0 Å². The van der Waals surface area contributed by atoms with Crippen molar-refractivity contribution in [3.63, 3.8) is 0 Å². The molecule has 4 heteroatoms. The maximum absolute atomic E-state index is 12.5. The second-order valence-corrected chi connectivity index (χ2v) is 4.87. The monoisotopic (exact) mass is 288 g/mol. The van der Waals surface area contributed by atoms with Gasteiger partial charge in [-0.3, -0.25) is 9.59 Å². The summed E-state index contributed by atoms with van der Waals surface area (Å²) in [5, 5.41) is 9.57. The van der Waals surface area contributed by atoms with Gasteiger partial charge in [0.25, 0.3) is 0 Å². The van der Waals surface area contributed by atoms with E-state index >= 15 is 0 Å². The van der Waals surface area contributed by atoms with Crippen LogP contribution in [0.4, 0.5) is 0 Å². The van der Waals surface area contributed by atoms with Crippen LogP contribution in [-0.4, -0.2) is 16.9 Å². The molecule has 0 saturated heterocycles. The van der Waals surface area contributed by atoms with E-state index in [1.165, 1.54) is 0 Å². The van der Waals surface area contributed by atoms with Gasteiger partial charge >= 0.3 is 5.97 Å². The number of carboxylic acid groups (broad SMARTS) is 1. The molecule has 0 radical (unpaired) electrons. The van der Waals surface area contributed by atoms with Crippen LogP contribution in [0.1, 0.15) is 28.3 Å². The van der Waals surface area contributed by atoms with Crippen LogP contribution in [0.3, 0.4) is 0 Å². The van der Waals surface area contributed by atoms with Gasteiger partial charge in [0.1, 0.15) is 0 Å². The molecule has 0 fully saturated rings. The van der Waals surface area contributed by atoms with Gasteiger partial charge in [0.05, 0.1) is 12.3 Å². The minimum absolute atomic E-state index is 0.199. The lowest BCUT2D eigenvalue weighted by Crippen LogP contribution is -2.16. The molecule has 20 heavy (non-hydrogen) atoms. The minimum atomic E-state index is -1.01. The lowest BCUT2D eigenvalue weighted by Gasteiger charge is -2.14. The maximum atomic E-state index is 12.5. The number of carbonyl (C=O) groups excluding carboxylic acids is 1. The molecule has 1 atom stereocenters. The van der Waals surface area contributed by atoms with Crippen molar-refractivity contribution in [3.8, 4) is 0 Å². The highest BCUT2D eigenvalue weighted by molar-refractivity contribution is 6.30. The highest BCUT2D eigenvalue weighted by Gasteiger charge is 2.24. The number of hydrogen-bond acceptors (Lipinski definition) is 2. The molecule has 2 aromatic carbocycles. The molecule has 102 valence electrons. The van der Waals surface area contributed by atoms with E-state index in [-0.39, 0.29) is 12.2 Å². The third-order valence-corrected chi connectivity index (χ3v) is 3.28. The Bertz CT molecular complexity index is 605. The fourth-order valence-corrected chi connectivity index (χ4v) is 2.16. The normalized spacial score (nSPS) is 11.8. The quantitative estimate of drug-likeness (QED) is 0.852. The summed E-state index contributed by atoms with van der Waals surface area (Å²) in [5.74, 6) is -1.91. The van der Waals surface area contributed by atoms with Gasteiger partial charge in [-0.15, -0.1) is 0 Å². The van der Waals surface area contributed by atoms with E-state index in [1.807, 2.05) is 6.07 Å². The van der Waals surface area contributed by atoms with Crippen LogP contribution in [0.2, 0.25) is 5.02 Å². The Labute approximate surface area is 121 Å². The Morgan fingerprint density at radius 3 is 2.15 bits per heavy atom. The number of ketones is 1. The van der Waals surface area contributed by atoms with Gasteiger partial charge in [-0.05, 0) is 17.7 Å². The fourth-order valence-electron chi connectivity index (χ4n) is 2.04. The molecular formula is C16H13ClO3. The first kappa shape index (κ1) is 14.3. The minimum Gasteiger partial charge on any atom is -0.481 e. The molecule has 1 unspecified atom stereocenters. The Morgan fingerprint density at radius 1 is 1.00 bits per heavy atom. The average molecular weight is 289 g/mol. The first-order valence-corrected chi connectivity index (χ1v) is 6.52. The molecule has 0 aliphatic carbocycles. The summed E-state index contributed by atoms with van der Waals surface area (Å²) in [7, 11) is 0. The molecule has 0 aromatic heterocycles. The van der Waals surface area contributed by atoms with E-state index in [2.05, 4.69) is 0 Å². The van der Waals surface area contributed by atoms with E-state index in [0.717, 1.165) is 0 Å². The second-order valence-electron chi connectivity index (χ2n) is 4.43. The van der Waals surface area contributed by atoms with Crippen LogP contribution in [0, 0.1) is 0 Å². The Kier molecular flexibility index (Phi) is 4.53. The van der Waals surface area contributed by atoms with Crippen LogP contribution in [-0.2, 0) is 4.79 Å². The molecule has 0 bridgehead atoms. The summed E-state index contributed by atoms with van der Waals surface area (Å²) in [6.45, 7) is 0. The first-order chi connectivity index (χ1) is 9.58. The van der Waals surface area contributed by atoms with Crippen molar-refractivity contribution >= 4 is 23.4 Å². The van der Waals surface area contributed by atoms with E-state index in [1.54, 1.807) is 48.5 Å². The lowest BCUT2D eigenvalue weighted by atomic mass is 9.88. The summed E-state index contributed by atoms with van der Waals surface area (Å²) in [5.41, 5.74) is 1.17. The maximum Gasteiger partial charge on any atom is 0.304 e. The fraction of sp³-hybridized carbons (Fsp3) is 0.125. The Balaban J connectivity index is 2.35. The van der Waals surface area contributed by atoms with E-state index < -0.39 is 11.9 Å². The summed E-state index contributed by atoms with van der Waals surface area (Å²) < 4.78 is 0. The van der Waals surface area contributed by atoms with Gasteiger partial charge < -0.3 is 5.11 Å². The third kappa shape index (κ3) is 3.45. The molecule has 2 aromatic rings. The van der Waals surface area contributed by atoms with E-state index in [9.17, 15) is 9.59 Å². The molecular weight excluding hydrogens is 276 g/mol. The highest BCUT2D eigenvalue weighted by Crippen LogP contribution is 2.25. The smallest absolute Gasteiger partial charge is 0.304 e. The lowest BCUT2D eigenvalue weighted by molar-refractivity contribution is -0.137. The summed E-state index contributed by atoms with van der Waals surface area (Å²) in [6, 6.07) is 15.4. The number of hydrogen-bond donors (Lipinski definition) is 1. The number of halogens is 1. The zero-order chi connectivity index (χ0) is 14.5. The summed E-state index contributed by atoms with van der Waals surface area (Å²) in [4.78, 5) is 23.5. The second kappa shape index (κ2) is 6.35. The number of benzene rings is 2. The zero-order valence-electron chi connectivity index (χ0n) is 10.6. The van der Waals surface area contributed by atoms with Crippen LogP contribution in [0.5, 0.6) is 0 Å². The molecule has 0 heterocycles. The van der Waals surface area contributed by atoms with Gasteiger partial charge in [-0.1, -0.05) is 54.1 Å². The number of rotatable bonds is 5. The van der Waals surface area contributed by atoms with Crippen molar-refractivity contribution in [2.45, 2.75) is 12.3 Å². The number of aliphatic carboxylic acids is 1. The molecule has 2 rings (SSSR count). The van der Waals surface area contributed by atoms with Crippen LogP contribution in [0.15, 0.2) is 54.6 Å². The number of carboxylic acids is 1. The van der Waals surface area contributed by atoms with Crippen molar-refractivity contribution in [1.82, 2.24) is 0 Å². The third-order valence-electron chi connectivity index (χ3n) is 3.03.